The standard InChI is InChI=1S/C18H16N4O2/c23-17-14-7-2-1-6-13(14)16(20-21-17)18(24)22-10-4-8-15(22)12-5-3-9-19-11-12/h1-3,5-7,9,11,15H,4,8,10H2,(H,21,23). The third-order valence-corrected chi connectivity index (χ3v) is 4.48. The van der Waals surface area contributed by atoms with E-state index in [1.165, 1.54) is 0 Å². The van der Waals surface area contributed by atoms with Gasteiger partial charge in [0.15, 0.2) is 5.69 Å². The zero-order chi connectivity index (χ0) is 16.5. The van der Waals surface area contributed by atoms with Crippen LogP contribution in [0.3, 0.4) is 0 Å². The molecule has 24 heavy (non-hydrogen) atoms. The van der Waals surface area contributed by atoms with Crippen molar-refractivity contribution in [2.75, 3.05) is 6.54 Å². The van der Waals surface area contributed by atoms with Crippen molar-refractivity contribution in [2.45, 2.75) is 18.9 Å². The van der Waals surface area contributed by atoms with E-state index >= 15 is 0 Å². The number of benzene rings is 1. The Balaban J connectivity index is 1.76. The van der Waals surface area contributed by atoms with Gasteiger partial charge in [-0.1, -0.05) is 24.3 Å². The number of hydrogen-bond donors (Lipinski definition) is 1. The van der Waals surface area contributed by atoms with Crippen LogP contribution in [0.4, 0.5) is 0 Å². The first-order valence-electron chi connectivity index (χ1n) is 7.94. The summed E-state index contributed by atoms with van der Waals surface area (Å²) in [6.07, 6.45) is 5.36. The number of aromatic amines is 1. The summed E-state index contributed by atoms with van der Waals surface area (Å²) in [5, 5.41) is 7.54. The van der Waals surface area contributed by atoms with Gasteiger partial charge in [-0.05, 0) is 30.5 Å². The van der Waals surface area contributed by atoms with Gasteiger partial charge in [0.2, 0.25) is 0 Å². The number of amides is 1. The van der Waals surface area contributed by atoms with Crippen LogP contribution in [0.15, 0.2) is 53.6 Å². The smallest absolute Gasteiger partial charge is 0.275 e. The second-order valence-electron chi connectivity index (χ2n) is 5.89. The number of carbonyl (C=O) groups excluding carboxylic acids is 1. The fourth-order valence-electron chi connectivity index (χ4n) is 3.34. The Morgan fingerprint density at radius 2 is 2.00 bits per heavy atom. The molecule has 0 bridgehead atoms. The average Bonchev–Trinajstić information content (AvgIpc) is 3.12. The van der Waals surface area contributed by atoms with Gasteiger partial charge < -0.3 is 4.90 Å². The lowest BCUT2D eigenvalue weighted by Gasteiger charge is -2.24. The molecular formula is C18H16N4O2. The van der Waals surface area contributed by atoms with Crippen LogP contribution < -0.4 is 5.56 Å². The Hall–Kier alpha value is -3.02. The average molecular weight is 320 g/mol. The van der Waals surface area contributed by atoms with E-state index < -0.39 is 0 Å². The first-order chi connectivity index (χ1) is 11.8. The molecule has 1 N–H and O–H groups in total. The van der Waals surface area contributed by atoms with Crippen molar-refractivity contribution in [2.24, 2.45) is 0 Å². The molecule has 6 heteroatoms. The summed E-state index contributed by atoms with van der Waals surface area (Å²) in [6, 6.07) is 10.9. The van der Waals surface area contributed by atoms with Gasteiger partial charge in [-0.15, -0.1) is 0 Å². The quantitative estimate of drug-likeness (QED) is 0.786. The van der Waals surface area contributed by atoms with E-state index in [1.807, 2.05) is 23.1 Å². The normalized spacial score (nSPS) is 17.3. The number of H-pyrrole nitrogens is 1. The number of pyridine rings is 1. The molecule has 0 spiro atoms. The SMILES string of the molecule is O=C(c1n[nH]c(=O)c2ccccc12)N1CCCC1c1cccnc1. The molecule has 3 heterocycles. The van der Waals surface area contributed by atoms with Crippen LogP contribution in [-0.4, -0.2) is 32.5 Å². The Labute approximate surface area is 138 Å². The number of nitrogens with zero attached hydrogens (tertiary/aromatic N) is 3. The van der Waals surface area contributed by atoms with Gasteiger partial charge in [0.25, 0.3) is 11.5 Å². The van der Waals surface area contributed by atoms with Crippen LogP contribution in [-0.2, 0) is 0 Å². The van der Waals surface area contributed by atoms with Crippen molar-refractivity contribution in [3.63, 3.8) is 0 Å². The number of fused-ring (bicyclic) bond motifs is 1. The monoisotopic (exact) mass is 320 g/mol. The molecule has 0 aliphatic carbocycles. The number of nitrogens with one attached hydrogen (secondary N) is 1. The minimum atomic E-state index is -0.285. The van der Waals surface area contributed by atoms with Crippen LogP contribution in [0.25, 0.3) is 10.8 Å². The molecule has 0 radical (unpaired) electrons. The highest BCUT2D eigenvalue weighted by Crippen LogP contribution is 2.33. The van der Waals surface area contributed by atoms with Gasteiger partial charge in [0.1, 0.15) is 0 Å². The third-order valence-electron chi connectivity index (χ3n) is 4.48. The molecule has 1 amide bonds. The molecule has 120 valence electrons. The van der Waals surface area contributed by atoms with E-state index in [9.17, 15) is 9.59 Å². The zero-order valence-electron chi connectivity index (χ0n) is 13.0. The van der Waals surface area contributed by atoms with Gasteiger partial charge in [-0.3, -0.25) is 14.6 Å². The summed E-state index contributed by atoms with van der Waals surface area (Å²) < 4.78 is 0. The first kappa shape index (κ1) is 14.6. The van der Waals surface area contributed by atoms with Gasteiger partial charge >= 0.3 is 0 Å². The Kier molecular flexibility index (Phi) is 3.57. The molecule has 4 rings (SSSR count). The summed E-state index contributed by atoms with van der Waals surface area (Å²) >= 11 is 0. The lowest BCUT2D eigenvalue weighted by molar-refractivity contribution is 0.0730. The van der Waals surface area contributed by atoms with E-state index in [4.69, 9.17) is 0 Å². The molecular weight excluding hydrogens is 304 g/mol. The summed E-state index contributed by atoms with van der Waals surface area (Å²) in [5.41, 5.74) is 1.03. The molecule has 1 saturated heterocycles. The topological polar surface area (TPSA) is 79.0 Å². The van der Waals surface area contributed by atoms with Crippen molar-refractivity contribution in [1.29, 1.82) is 0 Å². The third kappa shape index (κ3) is 2.36. The number of hydrogen-bond acceptors (Lipinski definition) is 4. The molecule has 1 aromatic carbocycles. The minimum absolute atomic E-state index is 0.00121. The highest BCUT2D eigenvalue weighted by Gasteiger charge is 2.32. The van der Waals surface area contributed by atoms with Crippen molar-refractivity contribution in [3.05, 3.63) is 70.4 Å². The van der Waals surface area contributed by atoms with E-state index in [1.54, 1.807) is 30.6 Å². The van der Waals surface area contributed by atoms with Crippen LogP contribution >= 0.6 is 0 Å². The Morgan fingerprint density at radius 1 is 1.17 bits per heavy atom. The van der Waals surface area contributed by atoms with Gasteiger partial charge in [-0.2, -0.15) is 5.10 Å². The van der Waals surface area contributed by atoms with Gasteiger partial charge in [-0.25, -0.2) is 5.10 Å². The Morgan fingerprint density at radius 3 is 2.79 bits per heavy atom. The predicted octanol–water partition coefficient (Wildman–Crippen LogP) is 2.30. The van der Waals surface area contributed by atoms with Crippen molar-refractivity contribution < 1.29 is 4.79 Å². The van der Waals surface area contributed by atoms with Crippen molar-refractivity contribution in [1.82, 2.24) is 20.1 Å². The van der Waals surface area contributed by atoms with E-state index in [0.29, 0.717) is 23.0 Å². The molecule has 6 nitrogen and oxygen atoms in total. The lowest BCUT2D eigenvalue weighted by atomic mass is 10.1. The highest BCUT2D eigenvalue weighted by atomic mass is 16.2. The van der Waals surface area contributed by atoms with Crippen LogP contribution in [0.2, 0.25) is 0 Å². The van der Waals surface area contributed by atoms with Crippen molar-refractivity contribution >= 4 is 16.7 Å². The number of aromatic nitrogens is 3. The van der Waals surface area contributed by atoms with Crippen LogP contribution in [0, 0.1) is 0 Å². The number of carbonyl (C=O) groups is 1. The minimum Gasteiger partial charge on any atom is -0.330 e. The largest absolute Gasteiger partial charge is 0.330 e. The summed E-state index contributed by atoms with van der Waals surface area (Å²) in [7, 11) is 0. The fourth-order valence-corrected chi connectivity index (χ4v) is 3.34. The molecule has 0 saturated carbocycles. The lowest BCUT2D eigenvalue weighted by Crippen LogP contribution is -2.32. The summed E-state index contributed by atoms with van der Waals surface area (Å²) in [5.74, 6) is -0.159. The highest BCUT2D eigenvalue weighted by molar-refractivity contribution is 6.04. The molecule has 3 aromatic rings. The second kappa shape index (κ2) is 5.88. The number of rotatable bonds is 2. The molecule has 2 aromatic heterocycles. The second-order valence-corrected chi connectivity index (χ2v) is 5.89. The predicted molar refractivity (Wildman–Crippen MR) is 89.6 cm³/mol. The van der Waals surface area contributed by atoms with Crippen molar-refractivity contribution in [3.8, 4) is 0 Å². The van der Waals surface area contributed by atoms with Crippen LogP contribution in [0.1, 0.15) is 34.9 Å². The molecule has 1 aliphatic rings. The maximum absolute atomic E-state index is 13.1. The molecule has 1 unspecified atom stereocenters. The van der Waals surface area contributed by atoms with E-state index in [2.05, 4.69) is 15.2 Å². The maximum atomic E-state index is 13.1. The van der Waals surface area contributed by atoms with Gasteiger partial charge in [0.05, 0.1) is 11.4 Å². The van der Waals surface area contributed by atoms with E-state index in [-0.39, 0.29) is 17.5 Å². The van der Waals surface area contributed by atoms with Gasteiger partial charge in [0, 0.05) is 24.3 Å². The summed E-state index contributed by atoms with van der Waals surface area (Å²) in [6.45, 7) is 0.674. The molecule has 1 fully saturated rings. The van der Waals surface area contributed by atoms with E-state index in [0.717, 1.165) is 18.4 Å². The fraction of sp³-hybridized carbons (Fsp3) is 0.222. The first-order valence-corrected chi connectivity index (χ1v) is 7.94. The Bertz CT molecular complexity index is 952. The zero-order valence-corrected chi connectivity index (χ0v) is 13.0. The summed E-state index contributed by atoms with van der Waals surface area (Å²) in [4.78, 5) is 31.0. The molecule has 1 atom stereocenters. The maximum Gasteiger partial charge on any atom is 0.275 e. The van der Waals surface area contributed by atoms with Crippen LogP contribution in [0.5, 0.6) is 0 Å². The molecule has 1 aliphatic heterocycles. The number of likely N-dealkylation sites (tertiary alicyclic amines) is 1.